The van der Waals surface area contributed by atoms with Crippen LogP contribution in [0.5, 0.6) is 11.5 Å². The quantitative estimate of drug-likeness (QED) is 0.369. The molecule has 0 saturated carbocycles. The van der Waals surface area contributed by atoms with E-state index >= 15 is 0 Å². The van der Waals surface area contributed by atoms with Crippen molar-refractivity contribution in [3.63, 3.8) is 0 Å². The first-order valence-electron chi connectivity index (χ1n) is 12.2. The summed E-state index contributed by atoms with van der Waals surface area (Å²) in [4.78, 5) is 41.0. The minimum absolute atomic E-state index is 0.0190. The van der Waals surface area contributed by atoms with Crippen molar-refractivity contribution in [2.75, 3.05) is 33.9 Å². The second-order valence-electron chi connectivity index (χ2n) is 8.66. The summed E-state index contributed by atoms with van der Waals surface area (Å²) in [5.41, 5.74) is 0.491. The molecular formula is C27H31N3O8. The lowest BCUT2D eigenvalue weighted by atomic mass is 10.0. The van der Waals surface area contributed by atoms with Gasteiger partial charge in [0, 0.05) is 13.2 Å². The molecule has 2 atom stereocenters. The summed E-state index contributed by atoms with van der Waals surface area (Å²) in [6, 6.07) is 10.4. The lowest BCUT2D eigenvalue weighted by Gasteiger charge is -2.31. The average Bonchev–Trinajstić information content (AvgIpc) is 3.74. The van der Waals surface area contributed by atoms with Crippen LogP contribution in [0, 0.1) is 0 Å². The van der Waals surface area contributed by atoms with Gasteiger partial charge in [0.1, 0.15) is 11.8 Å². The van der Waals surface area contributed by atoms with E-state index in [0.29, 0.717) is 36.0 Å². The molecule has 0 aliphatic carbocycles. The van der Waals surface area contributed by atoms with Gasteiger partial charge in [-0.05, 0) is 54.8 Å². The van der Waals surface area contributed by atoms with E-state index in [1.807, 2.05) is 0 Å². The number of hydrogen-bond donors (Lipinski definition) is 2. The van der Waals surface area contributed by atoms with Gasteiger partial charge in [0.2, 0.25) is 11.8 Å². The Kier molecular flexibility index (Phi) is 9.04. The molecule has 11 nitrogen and oxygen atoms in total. The number of amides is 3. The number of benzene rings is 1. The maximum absolute atomic E-state index is 13.7. The summed E-state index contributed by atoms with van der Waals surface area (Å²) in [7, 11) is 3.00. The van der Waals surface area contributed by atoms with Gasteiger partial charge < -0.3 is 38.6 Å². The molecule has 0 spiro atoms. The number of rotatable bonds is 12. The Morgan fingerprint density at radius 1 is 1.03 bits per heavy atom. The molecule has 202 valence electrons. The van der Waals surface area contributed by atoms with Crippen LogP contribution in [-0.2, 0) is 20.9 Å². The zero-order chi connectivity index (χ0) is 26.9. The van der Waals surface area contributed by atoms with Crippen molar-refractivity contribution in [2.45, 2.75) is 31.5 Å². The summed E-state index contributed by atoms with van der Waals surface area (Å²) in [5.74, 6) is -0.0535. The SMILES string of the molecule is COc1ccc([C@@H](C(=O)NC[C@H]2CCCO2)N(Cc2ccco2)C(=O)CNC(=O)c2ccco2)cc1OC. The van der Waals surface area contributed by atoms with Crippen LogP contribution in [-0.4, -0.2) is 62.6 Å². The van der Waals surface area contributed by atoms with E-state index in [4.69, 9.17) is 23.0 Å². The van der Waals surface area contributed by atoms with Gasteiger partial charge in [0.25, 0.3) is 5.91 Å². The fourth-order valence-corrected chi connectivity index (χ4v) is 4.26. The van der Waals surface area contributed by atoms with Crippen LogP contribution in [0.3, 0.4) is 0 Å². The fourth-order valence-electron chi connectivity index (χ4n) is 4.26. The molecule has 0 bridgehead atoms. The molecule has 3 aromatic rings. The zero-order valence-electron chi connectivity index (χ0n) is 21.3. The first-order chi connectivity index (χ1) is 18.5. The van der Waals surface area contributed by atoms with E-state index in [1.54, 1.807) is 36.4 Å². The van der Waals surface area contributed by atoms with Crippen LogP contribution < -0.4 is 20.1 Å². The second kappa shape index (κ2) is 12.8. The molecule has 11 heteroatoms. The van der Waals surface area contributed by atoms with E-state index in [1.165, 1.54) is 37.7 Å². The fraction of sp³-hybridized carbons (Fsp3) is 0.370. The molecule has 0 unspecified atom stereocenters. The van der Waals surface area contributed by atoms with Crippen LogP contribution in [0.25, 0.3) is 0 Å². The van der Waals surface area contributed by atoms with Gasteiger partial charge in [-0.2, -0.15) is 0 Å². The van der Waals surface area contributed by atoms with Crippen molar-refractivity contribution >= 4 is 17.7 Å². The lowest BCUT2D eigenvalue weighted by molar-refractivity contribution is -0.141. The average molecular weight is 526 g/mol. The molecule has 1 aromatic carbocycles. The number of carbonyl (C=O) groups excluding carboxylic acids is 3. The summed E-state index contributed by atoms with van der Waals surface area (Å²) in [6.07, 6.45) is 4.53. The van der Waals surface area contributed by atoms with Crippen molar-refractivity contribution in [3.8, 4) is 11.5 Å². The molecule has 1 aliphatic rings. The summed E-state index contributed by atoms with van der Waals surface area (Å²) in [6.45, 7) is 0.566. The molecule has 3 heterocycles. The van der Waals surface area contributed by atoms with Gasteiger partial charge >= 0.3 is 0 Å². The van der Waals surface area contributed by atoms with Gasteiger partial charge in [-0.3, -0.25) is 14.4 Å². The summed E-state index contributed by atoms with van der Waals surface area (Å²) < 4.78 is 27.0. The molecule has 1 saturated heterocycles. The monoisotopic (exact) mass is 525 g/mol. The first kappa shape index (κ1) is 26.8. The first-order valence-corrected chi connectivity index (χ1v) is 12.2. The highest BCUT2D eigenvalue weighted by molar-refractivity contribution is 5.95. The van der Waals surface area contributed by atoms with Crippen LogP contribution in [0.1, 0.15) is 40.8 Å². The van der Waals surface area contributed by atoms with E-state index in [0.717, 1.165) is 12.8 Å². The number of nitrogens with one attached hydrogen (secondary N) is 2. The van der Waals surface area contributed by atoms with Crippen molar-refractivity contribution in [3.05, 3.63) is 72.1 Å². The molecule has 2 aromatic heterocycles. The van der Waals surface area contributed by atoms with Gasteiger partial charge in [-0.15, -0.1) is 0 Å². The third kappa shape index (κ3) is 6.54. The molecule has 1 fully saturated rings. The maximum Gasteiger partial charge on any atom is 0.287 e. The number of furan rings is 2. The highest BCUT2D eigenvalue weighted by atomic mass is 16.5. The van der Waals surface area contributed by atoms with Crippen LogP contribution in [0.2, 0.25) is 0 Å². The molecule has 38 heavy (non-hydrogen) atoms. The Hall–Kier alpha value is -4.25. The highest BCUT2D eigenvalue weighted by Crippen LogP contribution is 2.33. The van der Waals surface area contributed by atoms with Crippen molar-refractivity contribution in [1.29, 1.82) is 0 Å². The Morgan fingerprint density at radius 3 is 2.47 bits per heavy atom. The molecule has 2 N–H and O–H groups in total. The zero-order valence-corrected chi connectivity index (χ0v) is 21.3. The molecular weight excluding hydrogens is 494 g/mol. The lowest BCUT2D eigenvalue weighted by Crippen LogP contribution is -2.47. The summed E-state index contributed by atoms with van der Waals surface area (Å²) in [5, 5.41) is 5.49. The maximum atomic E-state index is 13.7. The Morgan fingerprint density at radius 2 is 1.82 bits per heavy atom. The van der Waals surface area contributed by atoms with Gasteiger partial charge in [-0.1, -0.05) is 6.07 Å². The Balaban J connectivity index is 1.64. The van der Waals surface area contributed by atoms with Crippen LogP contribution in [0.15, 0.2) is 63.8 Å². The Bertz CT molecular complexity index is 1200. The van der Waals surface area contributed by atoms with Gasteiger partial charge in [0.15, 0.2) is 17.3 Å². The van der Waals surface area contributed by atoms with E-state index < -0.39 is 23.8 Å². The molecule has 1 aliphatic heterocycles. The second-order valence-corrected chi connectivity index (χ2v) is 8.66. The number of ether oxygens (including phenoxy) is 3. The predicted molar refractivity (Wildman–Crippen MR) is 135 cm³/mol. The number of methoxy groups -OCH3 is 2. The largest absolute Gasteiger partial charge is 0.493 e. The molecule has 4 rings (SSSR count). The smallest absolute Gasteiger partial charge is 0.287 e. The van der Waals surface area contributed by atoms with Gasteiger partial charge in [-0.25, -0.2) is 0 Å². The topological polar surface area (TPSA) is 132 Å². The van der Waals surface area contributed by atoms with Crippen molar-refractivity contribution in [1.82, 2.24) is 15.5 Å². The minimum atomic E-state index is -1.07. The number of carbonyl (C=O) groups is 3. The van der Waals surface area contributed by atoms with E-state index in [2.05, 4.69) is 10.6 Å². The van der Waals surface area contributed by atoms with Gasteiger partial charge in [0.05, 0.1) is 45.9 Å². The van der Waals surface area contributed by atoms with E-state index in [-0.39, 0.29) is 25.0 Å². The molecule has 3 amide bonds. The normalized spacial score (nSPS) is 15.5. The van der Waals surface area contributed by atoms with Crippen LogP contribution in [0.4, 0.5) is 0 Å². The minimum Gasteiger partial charge on any atom is -0.493 e. The summed E-state index contributed by atoms with van der Waals surface area (Å²) >= 11 is 0. The molecule has 0 radical (unpaired) electrons. The number of hydrogen-bond acceptors (Lipinski definition) is 8. The standard InChI is InChI=1S/C27H31N3O8/c1-34-21-10-9-18(14-23(21)35-2)25(27(33)28-15-19-6-3-11-36-19)30(17-20-7-4-12-37-20)24(31)16-29-26(32)22-8-5-13-38-22/h4-5,7-10,12-14,19,25H,3,6,11,15-17H2,1-2H3,(H,28,33)(H,29,32)/t19-,25+/m1/s1. The van der Waals surface area contributed by atoms with Crippen molar-refractivity contribution < 1.29 is 37.4 Å². The van der Waals surface area contributed by atoms with Crippen LogP contribution >= 0.6 is 0 Å². The third-order valence-electron chi connectivity index (χ3n) is 6.18. The third-order valence-corrected chi connectivity index (χ3v) is 6.18. The Labute approximate surface area is 220 Å². The number of nitrogens with zero attached hydrogens (tertiary/aromatic N) is 1. The van der Waals surface area contributed by atoms with Crippen molar-refractivity contribution in [2.24, 2.45) is 0 Å². The highest BCUT2D eigenvalue weighted by Gasteiger charge is 2.33. The van der Waals surface area contributed by atoms with E-state index in [9.17, 15) is 14.4 Å². The predicted octanol–water partition coefficient (Wildman–Crippen LogP) is 2.68.